The summed E-state index contributed by atoms with van der Waals surface area (Å²) in [5.74, 6) is -2.90. The van der Waals surface area contributed by atoms with Crippen LogP contribution in [0, 0.1) is 11.7 Å². The van der Waals surface area contributed by atoms with Gasteiger partial charge in [0.1, 0.15) is 5.82 Å². The van der Waals surface area contributed by atoms with E-state index in [0.29, 0.717) is 17.1 Å². The summed E-state index contributed by atoms with van der Waals surface area (Å²) in [5.41, 5.74) is 0.636. The van der Waals surface area contributed by atoms with Crippen LogP contribution in [0.1, 0.15) is 11.6 Å². The lowest BCUT2D eigenvalue weighted by molar-refractivity contribution is -0.143. The maximum Gasteiger partial charge on any atom is 0.309 e. The number of nitrogens with zero attached hydrogens (tertiary/aromatic N) is 1. The van der Waals surface area contributed by atoms with Gasteiger partial charge in [0.05, 0.1) is 10.8 Å². The number of carbonyl (C=O) groups is 1. The third-order valence-electron chi connectivity index (χ3n) is 4.62. The van der Waals surface area contributed by atoms with Gasteiger partial charge in [0.2, 0.25) is 10.0 Å². The number of hydrogen-bond acceptors (Lipinski definition) is 4. The quantitative estimate of drug-likeness (QED) is 0.464. The zero-order chi connectivity index (χ0) is 23.0. The summed E-state index contributed by atoms with van der Waals surface area (Å²) in [6.45, 7) is 7.08. The van der Waals surface area contributed by atoms with Crippen LogP contribution in [0.5, 0.6) is 0 Å². The van der Waals surface area contributed by atoms with Gasteiger partial charge in [-0.15, -0.1) is 13.2 Å². The van der Waals surface area contributed by atoms with E-state index in [9.17, 15) is 22.7 Å². The molecule has 0 aliphatic rings. The summed E-state index contributed by atoms with van der Waals surface area (Å²) in [6.07, 6.45) is 2.95. The molecule has 0 aliphatic heterocycles. The normalized spacial score (nSPS) is 13.5. The molecular weight excluding hydrogens is 443 g/mol. The van der Waals surface area contributed by atoms with Crippen LogP contribution in [-0.4, -0.2) is 43.4 Å². The predicted molar refractivity (Wildman–Crippen MR) is 119 cm³/mol. The van der Waals surface area contributed by atoms with Gasteiger partial charge in [-0.3, -0.25) is 4.79 Å². The van der Waals surface area contributed by atoms with E-state index in [-0.39, 0.29) is 18.0 Å². The van der Waals surface area contributed by atoms with Gasteiger partial charge in [-0.25, -0.2) is 12.8 Å². The highest BCUT2D eigenvalue weighted by Gasteiger charge is 2.35. The Bertz CT molecular complexity index is 1010. The lowest BCUT2D eigenvalue weighted by Gasteiger charge is -2.30. The maximum absolute atomic E-state index is 13.3. The van der Waals surface area contributed by atoms with Crippen molar-refractivity contribution in [2.45, 2.75) is 10.9 Å². The second-order valence-electron chi connectivity index (χ2n) is 6.74. The molecule has 0 heterocycles. The molecule has 0 saturated carbocycles. The van der Waals surface area contributed by atoms with Gasteiger partial charge in [-0.2, -0.15) is 4.31 Å². The molecule has 6 nitrogen and oxygen atoms in total. The van der Waals surface area contributed by atoms with Crippen molar-refractivity contribution in [3.63, 3.8) is 0 Å². The first-order valence-electron chi connectivity index (χ1n) is 9.40. The molecule has 2 atom stereocenters. The minimum absolute atomic E-state index is 0.113. The zero-order valence-electron chi connectivity index (χ0n) is 16.7. The van der Waals surface area contributed by atoms with E-state index < -0.39 is 33.8 Å². The van der Waals surface area contributed by atoms with Gasteiger partial charge in [-0.1, -0.05) is 35.9 Å². The fraction of sp³-hybridized carbons (Fsp3) is 0.227. The Labute approximate surface area is 186 Å². The summed E-state index contributed by atoms with van der Waals surface area (Å²) in [4.78, 5) is 12.1. The van der Waals surface area contributed by atoms with E-state index in [0.717, 1.165) is 28.6 Å². The van der Waals surface area contributed by atoms with Crippen molar-refractivity contribution in [1.82, 2.24) is 9.62 Å². The molecule has 2 aromatic carbocycles. The van der Waals surface area contributed by atoms with Crippen molar-refractivity contribution in [3.8, 4) is 0 Å². The topological polar surface area (TPSA) is 86.7 Å². The smallest absolute Gasteiger partial charge is 0.309 e. The van der Waals surface area contributed by atoms with E-state index in [1.807, 2.05) is 0 Å². The Hall–Kier alpha value is -2.52. The fourth-order valence-corrected chi connectivity index (χ4v) is 4.65. The van der Waals surface area contributed by atoms with Crippen LogP contribution in [0.3, 0.4) is 0 Å². The van der Waals surface area contributed by atoms with E-state index in [2.05, 4.69) is 18.5 Å². The van der Waals surface area contributed by atoms with E-state index in [4.69, 9.17) is 11.6 Å². The van der Waals surface area contributed by atoms with Crippen molar-refractivity contribution in [2.75, 3.05) is 19.6 Å². The number of aliphatic carboxylic acids is 1. The molecule has 0 bridgehead atoms. The molecule has 0 fully saturated rings. The molecule has 0 amide bonds. The largest absolute Gasteiger partial charge is 0.481 e. The molecule has 2 N–H and O–H groups in total. The Balaban J connectivity index is 2.44. The van der Waals surface area contributed by atoms with E-state index in [1.165, 1.54) is 6.08 Å². The van der Waals surface area contributed by atoms with Crippen molar-refractivity contribution in [1.29, 1.82) is 0 Å². The molecule has 31 heavy (non-hydrogen) atoms. The van der Waals surface area contributed by atoms with Gasteiger partial charge in [-0.05, 0) is 42.0 Å². The van der Waals surface area contributed by atoms with Crippen molar-refractivity contribution in [3.05, 3.63) is 90.2 Å². The summed E-state index contributed by atoms with van der Waals surface area (Å²) in [5, 5.41) is 13.5. The molecule has 166 valence electrons. The van der Waals surface area contributed by atoms with Crippen LogP contribution in [-0.2, 0) is 14.8 Å². The Kier molecular flexibility index (Phi) is 8.94. The summed E-state index contributed by atoms with van der Waals surface area (Å²) in [7, 11) is -4.09. The van der Waals surface area contributed by atoms with Crippen LogP contribution >= 0.6 is 11.6 Å². The molecular formula is C22H24ClFN2O4S. The zero-order valence-corrected chi connectivity index (χ0v) is 18.3. The SMILES string of the molecule is C=CCNC(c1ccc(Cl)cc1)C(CN(CC=C)S(=O)(=O)c1ccc(F)cc1)C(=O)O. The first-order valence-corrected chi connectivity index (χ1v) is 11.2. The molecule has 0 aliphatic carbocycles. The number of sulfonamides is 1. The second kappa shape index (κ2) is 11.2. The molecule has 0 radical (unpaired) electrons. The number of halogens is 2. The summed E-state index contributed by atoms with van der Waals surface area (Å²) < 4.78 is 40.5. The second-order valence-corrected chi connectivity index (χ2v) is 9.11. The van der Waals surface area contributed by atoms with Crippen molar-refractivity contribution < 1.29 is 22.7 Å². The highest BCUT2D eigenvalue weighted by atomic mass is 35.5. The monoisotopic (exact) mass is 466 g/mol. The molecule has 9 heteroatoms. The molecule has 0 aromatic heterocycles. The molecule has 2 rings (SSSR count). The predicted octanol–water partition coefficient (Wildman–Crippen LogP) is 3.87. The molecule has 0 spiro atoms. The average molecular weight is 467 g/mol. The van der Waals surface area contributed by atoms with Crippen molar-refractivity contribution >= 4 is 27.6 Å². The standard InChI is InChI=1S/C22H24ClFN2O4S/c1-3-13-25-21(16-5-7-17(23)8-6-16)20(22(27)28)15-26(14-4-2)31(29,30)19-11-9-18(24)10-12-19/h3-12,20-21,25H,1-2,13-15H2,(H,27,28). The first-order chi connectivity index (χ1) is 14.7. The minimum Gasteiger partial charge on any atom is -0.481 e. The lowest BCUT2D eigenvalue weighted by atomic mass is 9.92. The van der Waals surface area contributed by atoms with Gasteiger partial charge >= 0.3 is 5.97 Å². The maximum atomic E-state index is 13.3. The van der Waals surface area contributed by atoms with E-state index >= 15 is 0 Å². The third kappa shape index (κ3) is 6.48. The number of carboxylic acids is 1. The molecule has 2 aromatic rings. The van der Waals surface area contributed by atoms with E-state index in [1.54, 1.807) is 30.3 Å². The number of nitrogens with one attached hydrogen (secondary N) is 1. The Morgan fingerprint density at radius 2 is 1.74 bits per heavy atom. The summed E-state index contributed by atoms with van der Waals surface area (Å²) in [6, 6.07) is 10.3. The van der Waals surface area contributed by atoms with Crippen LogP contribution in [0.25, 0.3) is 0 Å². The fourth-order valence-electron chi connectivity index (χ4n) is 3.09. The first kappa shape index (κ1) is 24.7. The van der Waals surface area contributed by atoms with Crippen LogP contribution < -0.4 is 5.32 Å². The van der Waals surface area contributed by atoms with Gasteiger partial charge < -0.3 is 10.4 Å². The van der Waals surface area contributed by atoms with Crippen molar-refractivity contribution in [2.24, 2.45) is 5.92 Å². The van der Waals surface area contributed by atoms with Crippen LogP contribution in [0.4, 0.5) is 4.39 Å². The molecule has 0 saturated heterocycles. The van der Waals surface area contributed by atoms with Gasteiger partial charge in [0, 0.05) is 30.7 Å². The van der Waals surface area contributed by atoms with Crippen LogP contribution in [0.2, 0.25) is 5.02 Å². The number of hydrogen-bond donors (Lipinski definition) is 2. The van der Waals surface area contributed by atoms with Crippen LogP contribution in [0.15, 0.2) is 78.7 Å². The lowest BCUT2D eigenvalue weighted by Crippen LogP contribution is -2.43. The number of benzene rings is 2. The summed E-state index contributed by atoms with van der Waals surface area (Å²) >= 11 is 5.95. The number of carboxylic acid groups (broad SMARTS) is 1. The Morgan fingerprint density at radius 1 is 1.13 bits per heavy atom. The highest BCUT2D eigenvalue weighted by molar-refractivity contribution is 7.89. The minimum atomic E-state index is -4.09. The van der Waals surface area contributed by atoms with Gasteiger partial charge in [0.15, 0.2) is 0 Å². The Morgan fingerprint density at radius 3 is 2.26 bits per heavy atom. The average Bonchev–Trinajstić information content (AvgIpc) is 2.73. The van der Waals surface area contributed by atoms with Gasteiger partial charge in [0.25, 0.3) is 0 Å². The molecule has 2 unspecified atom stereocenters. The third-order valence-corrected chi connectivity index (χ3v) is 6.71. The highest BCUT2D eigenvalue weighted by Crippen LogP contribution is 2.27. The number of rotatable bonds is 12.